The van der Waals surface area contributed by atoms with Crippen molar-refractivity contribution in [1.29, 1.82) is 0 Å². The molecular weight excluding hydrogens is 649 g/mol. The highest BCUT2D eigenvalue weighted by atomic mass is 32.1. The SMILES string of the molecule is C[C@H](CS)C(=O)N1C[C@@H](NC(=O)C[C@H](N)Cc2cc(F)c(F)cc2F)C[C@H]1C(=O)O.O=C(O)C(F)(F)F.O=C(O)C(F)(F)F. The number of carboxylic acid groups (broad SMARTS) is 3. The van der Waals surface area contributed by atoms with Crippen LogP contribution in [0.1, 0.15) is 25.3 Å². The van der Waals surface area contributed by atoms with Crippen molar-refractivity contribution in [2.24, 2.45) is 11.7 Å². The number of aliphatic carboxylic acids is 3. The van der Waals surface area contributed by atoms with Crippen molar-refractivity contribution in [3.05, 3.63) is 35.1 Å². The highest BCUT2D eigenvalue weighted by molar-refractivity contribution is 7.80. The molecule has 11 nitrogen and oxygen atoms in total. The third-order valence-electron chi connectivity index (χ3n) is 5.43. The summed E-state index contributed by atoms with van der Waals surface area (Å²) in [5.41, 5.74) is 5.68. The van der Waals surface area contributed by atoms with Crippen LogP contribution in [0.15, 0.2) is 12.1 Å². The first-order valence-electron chi connectivity index (χ1n) is 11.8. The van der Waals surface area contributed by atoms with Gasteiger partial charge < -0.3 is 31.3 Å². The molecule has 0 aromatic heterocycles. The first-order valence-corrected chi connectivity index (χ1v) is 12.5. The van der Waals surface area contributed by atoms with Crippen LogP contribution in [-0.4, -0.2) is 92.7 Å². The molecule has 0 saturated carbocycles. The van der Waals surface area contributed by atoms with E-state index in [1.54, 1.807) is 6.92 Å². The molecule has 6 N–H and O–H groups in total. The molecule has 0 spiro atoms. The third-order valence-corrected chi connectivity index (χ3v) is 5.98. The van der Waals surface area contributed by atoms with E-state index < -0.39 is 77.7 Å². The Labute approximate surface area is 247 Å². The number of amides is 2. The number of alkyl halides is 6. The summed E-state index contributed by atoms with van der Waals surface area (Å²) in [5, 5.41) is 26.3. The zero-order valence-electron chi connectivity index (χ0n) is 22.3. The van der Waals surface area contributed by atoms with Crippen LogP contribution in [-0.2, 0) is 30.4 Å². The molecule has 1 heterocycles. The molecule has 0 bridgehead atoms. The van der Waals surface area contributed by atoms with E-state index in [2.05, 4.69) is 17.9 Å². The van der Waals surface area contributed by atoms with Gasteiger partial charge in [-0.05, 0) is 18.1 Å². The Hall–Kier alpha value is -3.75. The molecule has 1 aliphatic rings. The van der Waals surface area contributed by atoms with Crippen molar-refractivity contribution in [3.63, 3.8) is 0 Å². The van der Waals surface area contributed by atoms with Crippen LogP contribution < -0.4 is 11.1 Å². The average molecular weight is 676 g/mol. The summed E-state index contributed by atoms with van der Waals surface area (Å²) in [4.78, 5) is 55.1. The number of benzene rings is 1. The van der Waals surface area contributed by atoms with Gasteiger partial charge in [-0.3, -0.25) is 9.59 Å². The molecule has 0 radical (unpaired) electrons. The van der Waals surface area contributed by atoms with E-state index in [4.69, 9.17) is 25.5 Å². The fourth-order valence-electron chi connectivity index (χ4n) is 3.38. The maximum atomic E-state index is 13.7. The number of nitrogens with one attached hydrogen (secondary N) is 1. The summed E-state index contributed by atoms with van der Waals surface area (Å²) in [5.74, 6) is -11.3. The lowest BCUT2D eigenvalue weighted by Gasteiger charge is -2.24. The van der Waals surface area contributed by atoms with E-state index >= 15 is 0 Å². The summed E-state index contributed by atoms with van der Waals surface area (Å²) >= 11 is 4.05. The topological polar surface area (TPSA) is 187 Å². The van der Waals surface area contributed by atoms with E-state index in [1.807, 2.05) is 0 Å². The van der Waals surface area contributed by atoms with Crippen molar-refractivity contribution >= 4 is 42.4 Å². The van der Waals surface area contributed by atoms with Crippen LogP contribution in [0.25, 0.3) is 0 Å². The number of hydrogen-bond donors (Lipinski definition) is 6. The van der Waals surface area contributed by atoms with Gasteiger partial charge in [0.05, 0.1) is 0 Å². The summed E-state index contributed by atoms with van der Waals surface area (Å²) in [7, 11) is 0. The van der Waals surface area contributed by atoms with Crippen molar-refractivity contribution < 1.29 is 78.8 Å². The van der Waals surface area contributed by atoms with E-state index in [-0.39, 0.29) is 43.0 Å². The van der Waals surface area contributed by atoms with E-state index in [0.717, 1.165) is 0 Å². The highest BCUT2D eigenvalue weighted by Gasteiger charge is 2.41. The zero-order valence-corrected chi connectivity index (χ0v) is 23.2. The number of halogens is 9. The summed E-state index contributed by atoms with van der Waals surface area (Å²) in [6, 6.07) is -1.40. The Morgan fingerprint density at radius 1 is 0.955 bits per heavy atom. The number of carbonyl (C=O) groups is 5. The van der Waals surface area contributed by atoms with Crippen LogP contribution in [0.2, 0.25) is 0 Å². The van der Waals surface area contributed by atoms with E-state index in [1.165, 1.54) is 4.90 Å². The number of nitrogens with zero attached hydrogens (tertiary/aromatic N) is 1. The Kier molecular flexibility index (Phi) is 15.5. The molecule has 2 rings (SSSR count). The fraction of sp³-hybridized carbons (Fsp3) is 0.522. The Morgan fingerprint density at radius 2 is 1.41 bits per heavy atom. The van der Waals surface area contributed by atoms with Gasteiger partial charge in [-0.25, -0.2) is 27.6 Å². The van der Waals surface area contributed by atoms with Crippen LogP contribution in [0.4, 0.5) is 39.5 Å². The number of nitrogens with two attached hydrogens (primary N) is 1. The second-order valence-corrected chi connectivity index (χ2v) is 9.43. The van der Waals surface area contributed by atoms with Gasteiger partial charge >= 0.3 is 30.3 Å². The van der Waals surface area contributed by atoms with Gasteiger partial charge in [0.15, 0.2) is 11.6 Å². The van der Waals surface area contributed by atoms with Crippen molar-refractivity contribution in [2.45, 2.75) is 56.7 Å². The molecule has 4 atom stereocenters. The highest BCUT2D eigenvalue weighted by Crippen LogP contribution is 2.22. The van der Waals surface area contributed by atoms with Gasteiger partial charge in [0.25, 0.3) is 0 Å². The van der Waals surface area contributed by atoms with Gasteiger partial charge in [-0.15, -0.1) is 0 Å². The Bertz CT molecular complexity index is 1180. The summed E-state index contributed by atoms with van der Waals surface area (Å²) < 4.78 is 103. The monoisotopic (exact) mass is 675 g/mol. The van der Waals surface area contributed by atoms with Crippen LogP contribution >= 0.6 is 12.6 Å². The predicted octanol–water partition coefficient (Wildman–Crippen LogP) is 2.37. The molecule has 1 aromatic carbocycles. The normalized spacial score (nSPS) is 17.7. The van der Waals surface area contributed by atoms with Gasteiger partial charge in [-0.2, -0.15) is 39.0 Å². The third kappa shape index (κ3) is 13.7. The fourth-order valence-corrected chi connectivity index (χ4v) is 3.54. The number of likely N-dealkylation sites (tertiary alicyclic amines) is 1. The van der Waals surface area contributed by atoms with Crippen LogP contribution in [0.3, 0.4) is 0 Å². The summed E-state index contributed by atoms with van der Waals surface area (Å²) in [6.45, 7) is 1.67. The molecule has 0 aliphatic carbocycles. The minimum Gasteiger partial charge on any atom is -0.480 e. The Morgan fingerprint density at radius 3 is 1.82 bits per heavy atom. The van der Waals surface area contributed by atoms with Crippen molar-refractivity contribution in [2.75, 3.05) is 12.3 Å². The number of carboxylic acids is 3. The number of carbonyl (C=O) groups excluding carboxylic acids is 2. The first kappa shape index (κ1) is 40.2. The Balaban J connectivity index is 0.00000109. The zero-order chi connectivity index (χ0) is 34.7. The van der Waals surface area contributed by atoms with Gasteiger partial charge in [0, 0.05) is 49.2 Å². The molecule has 2 amide bonds. The predicted molar refractivity (Wildman–Crippen MR) is 133 cm³/mol. The van der Waals surface area contributed by atoms with Crippen molar-refractivity contribution in [3.8, 4) is 0 Å². The molecule has 0 unspecified atom stereocenters. The minimum absolute atomic E-state index is 0.0344. The lowest BCUT2D eigenvalue weighted by molar-refractivity contribution is -0.193. The van der Waals surface area contributed by atoms with Crippen LogP contribution in [0, 0.1) is 23.4 Å². The lowest BCUT2D eigenvalue weighted by atomic mass is 10.0. The molecular formula is C23H26F9N3O8S. The smallest absolute Gasteiger partial charge is 0.480 e. The van der Waals surface area contributed by atoms with Gasteiger partial charge in [-0.1, -0.05) is 6.92 Å². The number of hydrogen-bond acceptors (Lipinski definition) is 7. The quantitative estimate of drug-likeness (QED) is 0.137. The largest absolute Gasteiger partial charge is 0.490 e. The number of thiol groups is 1. The standard InChI is InChI=1S/C19H24F3N3O4S.2C2HF3O2/c1-9(8-30)18(27)25-7-12(5-16(25)19(28)29)24-17(26)4-11(23)2-10-3-14(21)15(22)6-13(10)20;2*3-2(4,5)1(6)7/h3,6,9,11-12,16,30H,2,4-5,7-8,23H2,1H3,(H,24,26)(H,28,29);2*(H,6,7)/t9-,11-,12+,16+;;/m1../s1. The minimum atomic E-state index is -5.08. The molecule has 1 fully saturated rings. The molecule has 1 saturated heterocycles. The average Bonchev–Trinajstić information content (AvgIpc) is 3.29. The second-order valence-electron chi connectivity index (χ2n) is 9.06. The molecule has 44 heavy (non-hydrogen) atoms. The molecule has 1 aliphatic heterocycles. The molecule has 1 aromatic rings. The molecule has 250 valence electrons. The van der Waals surface area contributed by atoms with E-state index in [9.17, 15) is 59.0 Å². The van der Waals surface area contributed by atoms with E-state index in [0.29, 0.717) is 12.1 Å². The van der Waals surface area contributed by atoms with Gasteiger partial charge in [0.1, 0.15) is 11.9 Å². The molecule has 21 heteroatoms. The van der Waals surface area contributed by atoms with Crippen molar-refractivity contribution in [1.82, 2.24) is 10.2 Å². The summed E-state index contributed by atoms with van der Waals surface area (Å²) in [6.07, 6.45) is -10.6. The maximum absolute atomic E-state index is 13.7. The lowest BCUT2D eigenvalue weighted by Crippen LogP contribution is -2.44. The number of rotatable bonds is 8. The van der Waals surface area contributed by atoms with Gasteiger partial charge in [0.2, 0.25) is 11.8 Å². The second kappa shape index (κ2) is 16.9. The maximum Gasteiger partial charge on any atom is 0.490 e. The van der Waals surface area contributed by atoms with Crippen LogP contribution in [0.5, 0.6) is 0 Å². The first-order chi connectivity index (χ1) is 19.9.